The number of nitrogens with one attached hydrogen (secondary N) is 3. The number of anilines is 3. The fraction of sp³-hybridized carbons (Fsp3) is 0.192. The number of nitrogens with zero attached hydrogens (tertiary/aromatic N) is 2. The van der Waals surface area contributed by atoms with E-state index in [2.05, 4.69) is 20.9 Å². The molecule has 0 saturated carbocycles. The lowest BCUT2D eigenvalue weighted by Crippen LogP contribution is -2.35. The van der Waals surface area contributed by atoms with Gasteiger partial charge in [0.1, 0.15) is 11.6 Å². The second kappa shape index (κ2) is 8.62. The number of amides is 2. The number of urea groups is 1. The van der Waals surface area contributed by atoms with E-state index in [9.17, 15) is 14.0 Å². The van der Waals surface area contributed by atoms with Gasteiger partial charge in [-0.1, -0.05) is 24.3 Å². The molecule has 0 bridgehead atoms. The van der Waals surface area contributed by atoms with Crippen LogP contribution in [0.3, 0.4) is 0 Å². The minimum absolute atomic E-state index is 0.0671. The Kier molecular flexibility index (Phi) is 5.49. The van der Waals surface area contributed by atoms with Crippen LogP contribution in [0.25, 0.3) is 10.9 Å². The highest BCUT2D eigenvalue weighted by atomic mass is 19.1. The number of hydrogen-bond acceptors (Lipinski definition) is 4. The Hall–Kier alpha value is -4.20. The van der Waals surface area contributed by atoms with Crippen molar-refractivity contribution >= 4 is 34.1 Å². The second-order valence-electron chi connectivity index (χ2n) is 8.58. The zero-order chi connectivity index (χ0) is 23.8. The Morgan fingerprint density at radius 2 is 1.91 bits per heavy atom. The largest absolute Gasteiger partial charge is 0.370 e. The zero-order valence-electron chi connectivity index (χ0n) is 18.9. The van der Waals surface area contributed by atoms with Gasteiger partial charge in [-0.25, -0.2) is 14.0 Å². The fourth-order valence-corrected chi connectivity index (χ4v) is 4.48. The van der Waals surface area contributed by atoms with Crippen molar-refractivity contribution in [3.8, 4) is 0 Å². The maximum atomic E-state index is 13.9. The van der Waals surface area contributed by atoms with Gasteiger partial charge in [-0.2, -0.15) is 4.98 Å². The predicted molar refractivity (Wildman–Crippen MR) is 132 cm³/mol. The molecule has 1 atom stereocenters. The molecule has 7 nitrogen and oxygen atoms in total. The highest BCUT2D eigenvalue weighted by Crippen LogP contribution is 2.31. The molecular formula is C26H24FN5O2. The number of aryl methyl sites for hydroxylation is 2. The Balaban J connectivity index is 1.34. The topological polar surface area (TPSA) is 88.1 Å². The molecule has 3 N–H and O–H groups in total. The first-order chi connectivity index (χ1) is 16.4. The molecule has 0 radical (unpaired) electrons. The van der Waals surface area contributed by atoms with Crippen molar-refractivity contribution < 1.29 is 9.18 Å². The summed E-state index contributed by atoms with van der Waals surface area (Å²) >= 11 is 0. The number of para-hydroxylation sites is 1. The van der Waals surface area contributed by atoms with Gasteiger partial charge in [0.2, 0.25) is 0 Å². The van der Waals surface area contributed by atoms with Crippen LogP contribution in [0.5, 0.6) is 0 Å². The quantitative estimate of drug-likeness (QED) is 0.404. The molecular weight excluding hydrogens is 433 g/mol. The summed E-state index contributed by atoms with van der Waals surface area (Å²) in [4.78, 5) is 29.2. The number of carbonyl (C=O) groups excluding carboxylic acids is 1. The molecule has 0 fully saturated rings. The van der Waals surface area contributed by atoms with Crippen LogP contribution in [0.15, 0.2) is 65.5 Å². The van der Waals surface area contributed by atoms with Gasteiger partial charge in [0.05, 0.1) is 11.2 Å². The minimum Gasteiger partial charge on any atom is -0.370 e. The number of carbonyl (C=O) groups is 1. The summed E-state index contributed by atoms with van der Waals surface area (Å²) in [5.74, 6) is 0.370. The van der Waals surface area contributed by atoms with Crippen LogP contribution >= 0.6 is 0 Å². The molecule has 4 aromatic rings. The molecule has 1 aliphatic heterocycles. The average Bonchev–Trinajstić information content (AvgIpc) is 2.81. The first kappa shape index (κ1) is 21.6. The highest BCUT2D eigenvalue weighted by molar-refractivity contribution is 6.00. The summed E-state index contributed by atoms with van der Waals surface area (Å²) in [6.45, 7) is 4.99. The minimum atomic E-state index is -0.519. The molecule has 0 spiro atoms. The zero-order valence-corrected chi connectivity index (χ0v) is 18.9. The van der Waals surface area contributed by atoms with Gasteiger partial charge in [0.25, 0.3) is 0 Å². The average molecular weight is 458 g/mol. The van der Waals surface area contributed by atoms with E-state index in [1.807, 2.05) is 56.3 Å². The lowest BCUT2D eigenvalue weighted by atomic mass is 9.92. The van der Waals surface area contributed by atoms with Crippen molar-refractivity contribution in [1.82, 2.24) is 9.55 Å². The number of halogens is 1. The first-order valence-corrected chi connectivity index (χ1v) is 11.1. The Morgan fingerprint density at radius 3 is 2.74 bits per heavy atom. The monoisotopic (exact) mass is 457 g/mol. The molecule has 34 heavy (non-hydrogen) atoms. The summed E-state index contributed by atoms with van der Waals surface area (Å²) in [6, 6.07) is 17.3. The third-order valence-corrected chi connectivity index (χ3v) is 6.13. The summed E-state index contributed by atoms with van der Waals surface area (Å²) in [5.41, 5.74) is 4.04. The Labute approximate surface area is 195 Å². The molecule has 1 unspecified atom stereocenters. The van der Waals surface area contributed by atoms with E-state index in [0.717, 1.165) is 27.9 Å². The van der Waals surface area contributed by atoms with Crippen LogP contribution in [0.2, 0.25) is 0 Å². The van der Waals surface area contributed by atoms with Crippen molar-refractivity contribution in [3.05, 3.63) is 93.7 Å². The molecule has 1 aliphatic rings. The van der Waals surface area contributed by atoms with E-state index in [1.54, 1.807) is 16.7 Å². The van der Waals surface area contributed by atoms with Crippen LogP contribution in [0.4, 0.5) is 26.4 Å². The highest BCUT2D eigenvalue weighted by Gasteiger charge is 2.24. The van der Waals surface area contributed by atoms with Gasteiger partial charge in [-0.15, -0.1) is 0 Å². The van der Waals surface area contributed by atoms with Gasteiger partial charge in [-0.05, 0) is 66.9 Å². The van der Waals surface area contributed by atoms with Crippen molar-refractivity contribution in [1.29, 1.82) is 0 Å². The van der Waals surface area contributed by atoms with E-state index in [0.29, 0.717) is 24.3 Å². The van der Waals surface area contributed by atoms with Gasteiger partial charge >= 0.3 is 11.7 Å². The van der Waals surface area contributed by atoms with E-state index >= 15 is 0 Å². The standard InChI is InChI=1S/C26H24FN5O2/c1-15-7-10-21(27)23(11-15)30-25(33)29-18-8-9-19(16(2)12-18)17-13-28-24-20-5-3-4-6-22(20)31-26(34)32(24)14-17/h3-12,17,28H,13-14H2,1-2H3,(H2,29,30,33). The summed E-state index contributed by atoms with van der Waals surface area (Å²) < 4.78 is 15.6. The fourth-order valence-electron chi connectivity index (χ4n) is 4.48. The van der Waals surface area contributed by atoms with Crippen LogP contribution in [-0.2, 0) is 6.54 Å². The van der Waals surface area contributed by atoms with E-state index in [4.69, 9.17) is 0 Å². The molecule has 1 aromatic heterocycles. The van der Waals surface area contributed by atoms with Crippen molar-refractivity contribution in [2.75, 3.05) is 22.5 Å². The molecule has 0 aliphatic carbocycles. The normalized spacial score (nSPS) is 14.9. The predicted octanol–water partition coefficient (Wildman–Crippen LogP) is 5.01. The summed E-state index contributed by atoms with van der Waals surface area (Å²) in [5, 5.41) is 9.64. The SMILES string of the molecule is Cc1ccc(F)c(NC(=O)Nc2ccc(C3CNc4c5ccccc5nc(=O)n4C3)c(C)c2)c1. The van der Waals surface area contributed by atoms with Gasteiger partial charge in [0.15, 0.2) is 0 Å². The third-order valence-electron chi connectivity index (χ3n) is 6.13. The third kappa shape index (κ3) is 4.10. The summed E-state index contributed by atoms with van der Waals surface area (Å²) in [6.07, 6.45) is 0. The Bertz CT molecular complexity index is 1480. The number of rotatable bonds is 3. The maximum absolute atomic E-state index is 13.9. The lowest BCUT2D eigenvalue weighted by Gasteiger charge is -2.29. The molecule has 3 aromatic carbocycles. The van der Waals surface area contributed by atoms with Crippen LogP contribution in [0, 0.1) is 19.7 Å². The van der Waals surface area contributed by atoms with Crippen molar-refractivity contribution in [2.45, 2.75) is 26.3 Å². The Morgan fingerprint density at radius 1 is 1.09 bits per heavy atom. The number of benzene rings is 3. The number of hydrogen-bond donors (Lipinski definition) is 3. The van der Waals surface area contributed by atoms with Crippen molar-refractivity contribution in [3.63, 3.8) is 0 Å². The summed E-state index contributed by atoms with van der Waals surface area (Å²) in [7, 11) is 0. The molecule has 5 rings (SSSR count). The van der Waals surface area contributed by atoms with Crippen LogP contribution < -0.4 is 21.6 Å². The van der Waals surface area contributed by atoms with E-state index in [-0.39, 0.29) is 17.3 Å². The van der Waals surface area contributed by atoms with E-state index in [1.165, 1.54) is 6.07 Å². The van der Waals surface area contributed by atoms with Crippen molar-refractivity contribution in [2.24, 2.45) is 0 Å². The molecule has 0 saturated heterocycles. The number of aromatic nitrogens is 2. The first-order valence-electron chi connectivity index (χ1n) is 11.1. The van der Waals surface area contributed by atoms with E-state index < -0.39 is 11.8 Å². The van der Waals surface area contributed by atoms with Gasteiger partial charge in [-0.3, -0.25) is 4.57 Å². The van der Waals surface area contributed by atoms with Gasteiger partial charge < -0.3 is 16.0 Å². The molecule has 2 heterocycles. The molecule has 2 amide bonds. The smallest absolute Gasteiger partial charge is 0.349 e. The molecule has 172 valence electrons. The maximum Gasteiger partial charge on any atom is 0.349 e. The number of fused-ring (bicyclic) bond motifs is 3. The van der Waals surface area contributed by atoms with Crippen LogP contribution in [0.1, 0.15) is 22.6 Å². The second-order valence-corrected chi connectivity index (χ2v) is 8.58. The van der Waals surface area contributed by atoms with Gasteiger partial charge in [0, 0.05) is 30.1 Å². The lowest BCUT2D eigenvalue weighted by molar-refractivity contribution is 0.262. The van der Waals surface area contributed by atoms with Crippen LogP contribution in [-0.4, -0.2) is 22.1 Å². The molecule has 8 heteroatoms.